The number of piperidine rings is 1. The maximum Gasteiger partial charge on any atom is 0.0622 e. The van der Waals surface area contributed by atoms with Crippen molar-refractivity contribution in [1.29, 1.82) is 5.26 Å². The molecule has 0 aromatic heterocycles. The summed E-state index contributed by atoms with van der Waals surface area (Å²) >= 11 is 0. The van der Waals surface area contributed by atoms with Gasteiger partial charge in [0, 0.05) is 13.0 Å². The lowest BCUT2D eigenvalue weighted by molar-refractivity contribution is 0.162. The molecular formula is C12H23N3. The Balaban J connectivity index is 2.10. The van der Waals surface area contributed by atoms with Crippen LogP contribution in [-0.2, 0) is 0 Å². The topological polar surface area (TPSA) is 30.3 Å². The first-order valence-corrected chi connectivity index (χ1v) is 5.96. The predicted molar refractivity (Wildman–Crippen MR) is 62.6 cm³/mol. The minimum absolute atomic E-state index is 0.706. The smallest absolute Gasteiger partial charge is 0.0622 e. The lowest BCUT2D eigenvalue weighted by atomic mass is 9.96. The maximum atomic E-state index is 8.46. The van der Waals surface area contributed by atoms with Crippen molar-refractivity contribution < 1.29 is 0 Å². The molecule has 1 heterocycles. The van der Waals surface area contributed by atoms with Crippen molar-refractivity contribution in [3.63, 3.8) is 0 Å². The summed E-state index contributed by atoms with van der Waals surface area (Å²) in [6.45, 7) is 4.79. The second-order valence-corrected chi connectivity index (χ2v) is 4.81. The number of likely N-dealkylation sites (tertiary alicyclic amines) is 1. The quantitative estimate of drug-likeness (QED) is 0.644. The highest BCUT2D eigenvalue weighted by Gasteiger charge is 2.18. The fraction of sp³-hybridized carbons (Fsp3) is 0.917. The Morgan fingerprint density at radius 3 is 2.53 bits per heavy atom. The third kappa shape index (κ3) is 5.15. The van der Waals surface area contributed by atoms with Crippen LogP contribution in [0.5, 0.6) is 0 Å². The van der Waals surface area contributed by atoms with Gasteiger partial charge in [-0.3, -0.25) is 0 Å². The van der Waals surface area contributed by atoms with Crippen LogP contribution in [0.2, 0.25) is 0 Å². The first-order chi connectivity index (χ1) is 7.22. The number of rotatable bonds is 5. The van der Waals surface area contributed by atoms with E-state index in [9.17, 15) is 0 Å². The van der Waals surface area contributed by atoms with Gasteiger partial charge in [-0.25, -0.2) is 0 Å². The molecule has 86 valence electrons. The lowest BCUT2D eigenvalue weighted by Gasteiger charge is -2.33. The van der Waals surface area contributed by atoms with Crippen LogP contribution >= 0.6 is 0 Å². The van der Waals surface area contributed by atoms with Gasteiger partial charge in [-0.05, 0) is 58.9 Å². The zero-order valence-corrected chi connectivity index (χ0v) is 10.1. The fourth-order valence-corrected chi connectivity index (χ4v) is 2.29. The largest absolute Gasteiger partial charge is 0.309 e. The second kappa shape index (κ2) is 6.81. The van der Waals surface area contributed by atoms with E-state index < -0.39 is 0 Å². The molecule has 0 saturated carbocycles. The van der Waals surface area contributed by atoms with Crippen molar-refractivity contribution in [3.8, 4) is 6.07 Å². The minimum Gasteiger partial charge on any atom is -0.309 e. The summed E-state index contributed by atoms with van der Waals surface area (Å²) in [7, 11) is 4.30. The van der Waals surface area contributed by atoms with Gasteiger partial charge in [0.1, 0.15) is 0 Å². The Morgan fingerprint density at radius 1 is 1.33 bits per heavy atom. The molecule has 3 heteroatoms. The Kier molecular flexibility index (Phi) is 5.67. The van der Waals surface area contributed by atoms with Gasteiger partial charge < -0.3 is 9.80 Å². The zero-order valence-electron chi connectivity index (χ0n) is 10.1. The van der Waals surface area contributed by atoms with Crippen LogP contribution < -0.4 is 0 Å². The van der Waals surface area contributed by atoms with Crippen LogP contribution in [0.15, 0.2) is 0 Å². The Hall–Kier alpha value is -0.590. The Labute approximate surface area is 93.7 Å². The van der Waals surface area contributed by atoms with Gasteiger partial charge in [0.05, 0.1) is 6.07 Å². The van der Waals surface area contributed by atoms with E-state index in [4.69, 9.17) is 5.26 Å². The summed E-state index contributed by atoms with van der Waals surface area (Å²) in [6, 6.07) is 2.21. The number of hydrogen-bond donors (Lipinski definition) is 0. The lowest BCUT2D eigenvalue weighted by Crippen LogP contribution is -2.37. The molecule has 0 spiro atoms. The fourth-order valence-electron chi connectivity index (χ4n) is 2.29. The molecule has 0 atom stereocenters. The van der Waals surface area contributed by atoms with Gasteiger partial charge in [0.25, 0.3) is 0 Å². The highest BCUT2D eigenvalue weighted by Crippen LogP contribution is 2.17. The van der Waals surface area contributed by atoms with E-state index in [-0.39, 0.29) is 0 Å². The van der Waals surface area contributed by atoms with Crippen molar-refractivity contribution in [2.75, 3.05) is 40.3 Å². The summed E-state index contributed by atoms with van der Waals surface area (Å²) in [6.07, 6.45) is 4.39. The number of unbranched alkanes of at least 4 members (excludes halogenated alkanes) is 1. The van der Waals surface area contributed by atoms with Gasteiger partial charge in [-0.15, -0.1) is 0 Å². The van der Waals surface area contributed by atoms with Crippen LogP contribution in [-0.4, -0.2) is 50.1 Å². The third-order valence-electron chi connectivity index (χ3n) is 3.09. The first kappa shape index (κ1) is 12.5. The molecule has 0 amide bonds. The van der Waals surface area contributed by atoms with Gasteiger partial charge in [0.2, 0.25) is 0 Å². The Bertz CT molecular complexity index is 199. The number of nitrogens with zero attached hydrogens (tertiary/aromatic N) is 3. The molecule has 0 bridgehead atoms. The summed E-state index contributed by atoms with van der Waals surface area (Å²) in [5, 5.41) is 8.46. The minimum atomic E-state index is 0.706. The van der Waals surface area contributed by atoms with Gasteiger partial charge in [-0.2, -0.15) is 5.26 Å². The monoisotopic (exact) mass is 209 g/mol. The molecule has 0 radical (unpaired) electrons. The molecule has 0 aromatic rings. The molecule has 0 aromatic carbocycles. The predicted octanol–water partition coefficient (Wildman–Crippen LogP) is 1.56. The van der Waals surface area contributed by atoms with Crippen molar-refractivity contribution in [1.82, 2.24) is 9.80 Å². The third-order valence-corrected chi connectivity index (χ3v) is 3.09. The molecule has 0 unspecified atom stereocenters. The van der Waals surface area contributed by atoms with Gasteiger partial charge >= 0.3 is 0 Å². The summed E-state index contributed by atoms with van der Waals surface area (Å²) in [5.74, 6) is 0.882. The van der Waals surface area contributed by atoms with Crippen LogP contribution in [0.4, 0.5) is 0 Å². The molecule has 1 saturated heterocycles. The number of hydrogen-bond acceptors (Lipinski definition) is 3. The highest BCUT2D eigenvalue weighted by atomic mass is 15.1. The van der Waals surface area contributed by atoms with E-state index in [0.29, 0.717) is 6.42 Å². The molecule has 1 aliphatic heterocycles. The molecule has 1 fully saturated rings. The summed E-state index contributed by atoms with van der Waals surface area (Å²) in [5.41, 5.74) is 0. The van der Waals surface area contributed by atoms with E-state index in [1.54, 1.807) is 0 Å². The molecule has 0 aliphatic carbocycles. The van der Waals surface area contributed by atoms with Crippen LogP contribution in [0.25, 0.3) is 0 Å². The normalized spacial score (nSPS) is 19.3. The van der Waals surface area contributed by atoms with Crippen molar-refractivity contribution in [2.45, 2.75) is 25.7 Å². The summed E-state index contributed by atoms with van der Waals surface area (Å²) in [4.78, 5) is 4.79. The maximum absolute atomic E-state index is 8.46. The highest BCUT2D eigenvalue weighted by molar-refractivity contribution is 4.75. The molecule has 15 heavy (non-hydrogen) atoms. The Morgan fingerprint density at radius 2 is 2.00 bits per heavy atom. The van der Waals surface area contributed by atoms with Crippen LogP contribution in [0.3, 0.4) is 0 Å². The van der Waals surface area contributed by atoms with E-state index in [2.05, 4.69) is 30.0 Å². The second-order valence-electron chi connectivity index (χ2n) is 4.81. The molecule has 0 N–H and O–H groups in total. The molecule has 1 aliphatic rings. The van der Waals surface area contributed by atoms with E-state index in [0.717, 1.165) is 18.9 Å². The molecule has 1 rings (SSSR count). The van der Waals surface area contributed by atoms with Crippen LogP contribution in [0, 0.1) is 17.2 Å². The first-order valence-electron chi connectivity index (χ1n) is 5.96. The summed E-state index contributed by atoms with van der Waals surface area (Å²) < 4.78 is 0. The van der Waals surface area contributed by atoms with Crippen molar-refractivity contribution in [2.24, 2.45) is 5.92 Å². The average molecular weight is 209 g/mol. The van der Waals surface area contributed by atoms with Crippen molar-refractivity contribution >= 4 is 0 Å². The molecular weight excluding hydrogens is 186 g/mol. The average Bonchev–Trinajstić information content (AvgIpc) is 2.20. The zero-order chi connectivity index (χ0) is 11.1. The SMILES string of the molecule is CN(C)CC1CCN(CCCC#N)CC1. The van der Waals surface area contributed by atoms with Crippen molar-refractivity contribution in [3.05, 3.63) is 0 Å². The van der Waals surface area contributed by atoms with E-state index in [1.807, 2.05) is 0 Å². The van der Waals surface area contributed by atoms with Gasteiger partial charge in [-0.1, -0.05) is 0 Å². The van der Waals surface area contributed by atoms with Gasteiger partial charge in [0.15, 0.2) is 0 Å². The van der Waals surface area contributed by atoms with Crippen LogP contribution in [0.1, 0.15) is 25.7 Å². The molecule has 3 nitrogen and oxygen atoms in total. The van der Waals surface area contributed by atoms with E-state index >= 15 is 0 Å². The van der Waals surface area contributed by atoms with E-state index in [1.165, 1.54) is 32.5 Å². The number of nitriles is 1. The standard InChI is InChI=1S/C12H23N3/c1-14(2)11-12-5-9-15(10-6-12)8-4-3-7-13/h12H,3-6,8-11H2,1-2H3.